The summed E-state index contributed by atoms with van der Waals surface area (Å²) in [6.45, 7) is 4.47. The van der Waals surface area contributed by atoms with Gasteiger partial charge in [0.2, 0.25) is 0 Å². The molecule has 1 aromatic rings. The second kappa shape index (κ2) is 6.52. The summed E-state index contributed by atoms with van der Waals surface area (Å²) >= 11 is 0. The maximum Gasteiger partial charge on any atom is 0.0402 e. The summed E-state index contributed by atoms with van der Waals surface area (Å²) in [5.74, 6) is 1.27. The third-order valence-electron chi connectivity index (χ3n) is 6.22. The van der Waals surface area contributed by atoms with E-state index >= 15 is 0 Å². The molecule has 0 radical (unpaired) electrons. The van der Waals surface area contributed by atoms with Gasteiger partial charge in [-0.2, -0.15) is 0 Å². The minimum Gasteiger partial charge on any atom is -0.398 e. The normalized spacial score (nSPS) is 21.2. The van der Waals surface area contributed by atoms with E-state index in [-0.39, 0.29) is 0 Å². The summed E-state index contributed by atoms with van der Waals surface area (Å²) in [6.07, 6.45) is 13.3. The largest absolute Gasteiger partial charge is 0.398 e. The molecule has 2 heteroatoms. The number of rotatable bonds is 2. The van der Waals surface area contributed by atoms with Gasteiger partial charge in [-0.15, -0.1) is 0 Å². The first-order valence-corrected chi connectivity index (χ1v) is 9.29. The number of nitrogen functional groups attached to an aromatic ring is 2. The van der Waals surface area contributed by atoms with Gasteiger partial charge in [0.1, 0.15) is 0 Å². The monoisotopic (exact) mass is 300 g/mol. The van der Waals surface area contributed by atoms with Crippen molar-refractivity contribution in [2.24, 2.45) is 0 Å². The summed E-state index contributed by atoms with van der Waals surface area (Å²) in [4.78, 5) is 0. The van der Waals surface area contributed by atoms with Crippen LogP contribution in [-0.2, 0) is 0 Å². The third kappa shape index (κ3) is 2.73. The van der Waals surface area contributed by atoms with Gasteiger partial charge in [-0.25, -0.2) is 0 Å². The molecule has 0 atom stereocenters. The Balaban J connectivity index is 2.03. The number of anilines is 2. The van der Waals surface area contributed by atoms with Crippen LogP contribution in [0.1, 0.15) is 98.3 Å². The van der Waals surface area contributed by atoms with E-state index in [1.165, 1.54) is 86.5 Å². The van der Waals surface area contributed by atoms with E-state index < -0.39 is 0 Å². The van der Waals surface area contributed by atoms with Crippen LogP contribution in [0, 0.1) is 13.8 Å². The topological polar surface area (TPSA) is 52.0 Å². The van der Waals surface area contributed by atoms with Crippen molar-refractivity contribution in [2.75, 3.05) is 11.5 Å². The van der Waals surface area contributed by atoms with E-state index in [1.807, 2.05) is 0 Å². The zero-order valence-electron chi connectivity index (χ0n) is 14.4. The molecular weight excluding hydrogens is 268 g/mol. The molecule has 0 amide bonds. The van der Waals surface area contributed by atoms with Gasteiger partial charge in [0.05, 0.1) is 0 Å². The molecule has 3 rings (SSSR count). The van der Waals surface area contributed by atoms with Gasteiger partial charge in [-0.3, -0.25) is 0 Å². The van der Waals surface area contributed by atoms with Crippen LogP contribution in [0.25, 0.3) is 0 Å². The lowest BCUT2D eigenvalue weighted by atomic mass is 9.75. The lowest BCUT2D eigenvalue weighted by Gasteiger charge is -2.31. The standard InChI is InChI=1S/C20H32N2/c1-13-17(15-9-5-3-6-10-15)14(2)20(22)18(19(13)21)16-11-7-4-8-12-16/h15-16H,3-12,21-22H2,1-2H3. The van der Waals surface area contributed by atoms with Crippen LogP contribution in [0.5, 0.6) is 0 Å². The van der Waals surface area contributed by atoms with E-state index in [9.17, 15) is 0 Å². The summed E-state index contributed by atoms with van der Waals surface area (Å²) in [6, 6.07) is 0. The summed E-state index contributed by atoms with van der Waals surface area (Å²) in [7, 11) is 0. The van der Waals surface area contributed by atoms with Crippen molar-refractivity contribution in [3.63, 3.8) is 0 Å². The van der Waals surface area contributed by atoms with Crippen LogP contribution >= 0.6 is 0 Å². The Morgan fingerprint density at radius 3 is 1.36 bits per heavy atom. The molecule has 0 heterocycles. The molecule has 22 heavy (non-hydrogen) atoms. The van der Waals surface area contributed by atoms with Crippen LogP contribution < -0.4 is 11.5 Å². The minimum absolute atomic E-state index is 0.589. The maximum atomic E-state index is 6.61. The van der Waals surface area contributed by atoms with Crippen molar-refractivity contribution >= 4 is 11.4 Å². The minimum atomic E-state index is 0.589. The average molecular weight is 300 g/mol. The van der Waals surface area contributed by atoms with E-state index in [4.69, 9.17) is 11.5 Å². The number of benzene rings is 1. The van der Waals surface area contributed by atoms with Crippen molar-refractivity contribution < 1.29 is 0 Å². The van der Waals surface area contributed by atoms with Crippen molar-refractivity contribution in [1.29, 1.82) is 0 Å². The molecule has 0 unspecified atom stereocenters. The van der Waals surface area contributed by atoms with Crippen LogP contribution in [-0.4, -0.2) is 0 Å². The molecule has 2 saturated carbocycles. The molecule has 0 saturated heterocycles. The molecule has 0 bridgehead atoms. The van der Waals surface area contributed by atoms with Gasteiger partial charge in [-0.1, -0.05) is 38.5 Å². The van der Waals surface area contributed by atoms with Gasteiger partial charge >= 0.3 is 0 Å². The zero-order valence-corrected chi connectivity index (χ0v) is 14.4. The van der Waals surface area contributed by atoms with Gasteiger partial charge in [0.25, 0.3) is 0 Å². The Morgan fingerprint density at radius 2 is 0.955 bits per heavy atom. The van der Waals surface area contributed by atoms with Crippen molar-refractivity contribution in [1.82, 2.24) is 0 Å². The van der Waals surface area contributed by atoms with Crippen molar-refractivity contribution in [2.45, 2.75) is 89.9 Å². The molecule has 2 aliphatic rings. The highest BCUT2D eigenvalue weighted by atomic mass is 14.7. The fraction of sp³-hybridized carbons (Fsp3) is 0.700. The fourth-order valence-electron chi connectivity index (χ4n) is 4.96. The number of nitrogens with two attached hydrogens (primary N) is 2. The Bertz CT molecular complexity index is 457. The molecule has 0 aromatic heterocycles. The molecule has 2 fully saturated rings. The second-order valence-electron chi connectivity index (χ2n) is 7.57. The molecule has 4 N–H and O–H groups in total. The Labute approximate surface area is 135 Å². The first-order chi connectivity index (χ1) is 10.6. The average Bonchev–Trinajstić information content (AvgIpc) is 2.55. The van der Waals surface area contributed by atoms with Gasteiger partial charge < -0.3 is 11.5 Å². The SMILES string of the molecule is Cc1c(N)c(C2CCCCC2)c(N)c(C)c1C1CCCCC1. The highest BCUT2D eigenvalue weighted by Gasteiger charge is 2.27. The molecule has 1 aromatic carbocycles. The van der Waals surface area contributed by atoms with Gasteiger partial charge in [-0.05, 0) is 68.1 Å². The molecule has 122 valence electrons. The summed E-state index contributed by atoms with van der Waals surface area (Å²) in [5, 5.41) is 0. The molecule has 0 aliphatic heterocycles. The molecular formula is C20H32N2. The predicted molar refractivity (Wildman–Crippen MR) is 96.4 cm³/mol. The van der Waals surface area contributed by atoms with E-state index in [0.29, 0.717) is 11.8 Å². The second-order valence-corrected chi connectivity index (χ2v) is 7.57. The zero-order chi connectivity index (χ0) is 15.7. The quantitative estimate of drug-likeness (QED) is 0.702. The fourth-order valence-corrected chi connectivity index (χ4v) is 4.96. The predicted octanol–water partition coefficient (Wildman–Crippen LogP) is 5.56. The van der Waals surface area contributed by atoms with Crippen molar-refractivity contribution in [3.8, 4) is 0 Å². The lowest BCUT2D eigenvalue weighted by molar-refractivity contribution is 0.438. The van der Waals surface area contributed by atoms with Crippen molar-refractivity contribution in [3.05, 3.63) is 22.3 Å². The number of hydrogen-bond acceptors (Lipinski definition) is 2. The van der Waals surface area contributed by atoms with Gasteiger partial charge in [0, 0.05) is 16.9 Å². The Hall–Kier alpha value is -1.18. The van der Waals surface area contributed by atoms with E-state index in [0.717, 1.165) is 11.4 Å². The van der Waals surface area contributed by atoms with E-state index in [1.54, 1.807) is 0 Å². The summed E-state index contributed by atoms with van der Waals surface area (Å²) in [5.41, 5.74) is 20.7. The van der Waals surface area contributed by atoms with Gasteiger partial charge in [0.15, 0.2) is 0 Å². The van der Waals surface area contributed by atoms with E-state index in [2.05, 4.69) is 13.8 Å². The van der Waals surface area contributed by atoms with Crippen LogP contribution in [0.15, 0.2) is 0 Å². The number of hydrogen-bond donors (Lipinski definition) is 2. The smallest absolute Gasteiger partial charge is 0.0402 e. The molecule has 2 aliphatic carbocycles. The third-order valence-corrected chi connectivity index (χ3v) is 6.22. The van der Waals surface area contributed by atoms with Crippen LogP contribution in [0.3, 0.4) is 0 Å². The first-order valence-electron chi connectivity index (χ1n) is 9.29. The van der Waals surface area contributed by atoms with Crippen LogP contribution in [0.4, 0.5) is 11.4 Å². The summed E-state index contributed by atoms with van der Waals surface area (Å²) < 4.78 is 0. The molecule has 2 nitrogen and oxygen atoms in total. The van der Waals surface area contributed by atoms with Crippen LogP contribution in [0.2, 0.25) is 0 Å². The Kier molecular flexibility index (Phi) is 4.65. The first kappa shape index (κ1) is 15.7. The highest BCUT2D eigenvalue weighted by molar-refractivity contribution is 5.73. The molecule has 0 spiro atoms. The lowest BCUT2D eigenvalue weighted by Crippen LogP contribution is -2.17. The highest BCUT2D eigenvalue weighted by Crippen LogP contribution is 2.46. The maximum absolute atomic E-state index is 6.61. The Morgan fingerprint density at radius 1 is 0.591 bits per heavy atom.